The Morgan fingerprint density at radius 2 is 1.77 bits per heavy atom. The summed E-state index contributed by atoms with van der Waals surface area (Å²) in [6, 6.07) is 18.5. The number of rotatable bonds is 4. The van der Waals surface area contributed by atoms with Crippen molar-refractivity contribution in [3.8, 4) is 0 Å². The minimum Gasteiger partial charge on any atom is -0.307 e. The molecule has 1 heterocycles. The van der Waals surface area contributed by atoms with E-state index in [0.717, 1.165) is 36.6 Å². The summed E-state index contributed by atoms with van der Waals surface area (Å²) < 4.78 is 13.7. The Morgan fingerprint density at radius 3 is 2.54 bits per heavy atom. The van der Waals surface area contributed by atoms with E-state index in [9.17, 15) is 4.39 Å². The molecule has 1 N–H and O–H groups in total. The van der Waals surface area contributed by atoms with E-state index in [1.165, 1.54) is 17.2 Å². The van der Waals surface area contributed by atoms with Gasteiger partial charge in [-0.2, -0.15) is 0 Å². The summed E-state index contributed by atoms with van der Waals surface area (Å²) in [4.78, 5) is 4.39. The zero-order chi connectivity index (χ0) is 17.9. The second kappa shape index (κ2) is 7.55. The van der Waals surface area contributed by atoms with Gasteiger partial charge in [-0.1, -0.05) is 30.3 Å². The molecule has 0 bridgehead atoms. The quantitative estimate of drug-likeness (QED) is 0.649. The summed E-state index contributed by atoms with van der Waals surface area (Å²) in [7, 11) is 0. The van der Waals surface area contributed by atoms with E-state index in [1.54, 1.807) is 12.1 Å². The molecule has 2 aromatic carbocycles. The lowest BCUT2D eigenvalue weighted by molar-refractivity contribution is 0.322. The lowest BCUT2D eigenvalue weighted by Gasteiger charge is -2.32. The molecule has 0 radical (unpaired) electrons. The molecule has 0 aliphatic heterocycles. The SMILES string of the molecule is C[C@@H](N[C@H]1CC[C@H](c2ccnc3ccc(F)cc32)CC1)c1ccccc1. The first-order valence-electron chi connectivity index (χ1n) is 9.56. The fourth-order valence-corrected chi connectivity index (χ4v) is 4.26. The van der Waals surface area contributed by atoms with Crippen LogP contribution in [-0.2, 0) is 0 Å². The fourth-order valence-electron chi connectivity index (χ4n) is 4.26. The Kier molecular flexibility index (Phi) is 4.98. The fraction of sp³-hybridized carbons (Fsp3) is 0.348. The van der Waals surface area contributed by atoms with Crippen molar-refractivity contribution in [3.05, 3.63) is 77.7 Å². The Morgan fingerprint density at radius 1 is 1.00 bits per heavy atom. The van der Waals surface area contributed by atoms with Crippen LogP contribution in [0.25, 0.3) is 10.9 Å². The third kappa shape index (κ3) is 3.63. The summed E-state index contributed by atoms with van der Waals surface area (Å²) in [6.45, 7) is 2.24. The monoisotopic (exact) mass is 348 g/mol. The molecule has 0 amide bonds. The molecule has 0 spiro atoms. The van der Waals surface area contributed by atoms with Crippen LogP contribution in [0.5, 0.6) is 0 Å². The van der Waals surface area contributed by atoms with Crippen LogP contribution in [0.2, 0.25) is 0 Å². The van der Waals surface area contributed by atoms with Crippen LogP contribution < -0.4 is 5.32 Å². The molecule has 134 valence electrons. The lowest BCUT2D eigenvalue weighted by atomic mass is 9.80. The van der Waals surface area contributed by atoms with Gasteiger partial charge in [-0.05, 0) is 73.9 Å². The molecule has 0 unspecified atom stereocenters. The Labute approximate surface area is 154 Å². The van der Waals surface area contributed by atoms with Crippen molar-refractivity contribution in [3.63, 3.8) is 0 Å². The Balaban J connectivity index is 1.43. The van der Waals surface area contributed by atoms with Crippen LogP contribution in [0.4, 0.5) is 4.39 Å². The van der Waals surface area contributed by atoms with Crippen molar-refractivity contribution in [2.24, 2.45) is 0 Å². The zero-order valence-corrected chi connectivity index (χ0v) is 15.2. The molecule has 1 fully saturated rings. The maximum absolute atomic E-state index is 13.7. The molecule has 1 aliphatic carbocycles. The van der Waals surface area contributed by atoms with E-state index in [0.29, 0.717) is 18.0 Å². The number of fused-ring (bicyclic) bond motifs is 1. The number of aromatic nitrogens is 1. The van der Waals surface area contributed by atoms with Gasteiger partial charge in [0.25, 0.3) is 0 Å². The van der Waals surface area contributed by atoms with Crippen molar-refractivity contribution >= 4 is 10.9 Å². The van der Waals surface area contributed by atoms with E-state index in [1.807, 2.05) is 6.20 Å². The predicted octanol–water partition coefficient (Wildman–Crippen LogP) is 5.75. The number of nitrogens with zero attached hydrogens (tertiary/aromatic N) is 1. The van der Waals surface area contributed by atoms with Crippen LogP contribution >= 0.6 is 0 Å². The lowest BCUT2D eigenvalue weighted by Crippen LogP contribution is -2.34. The highest BCUT2D eigenvalue weighted by Crippen LogP contribution is 2.36. The van der Waals surface area contributed by atoms with Gasteiger partial charge >= 0.3 is 0 Å². The summed E-state index contributed by atoms with van der Waals surface area (Å²) >= 11 is 0. The smallest absolute Gasteiger partial charge is 0.123 e. The molecule has 1 atom stereocenters. The number of hydrogen-bond acceptors (Lipinski definition) is 2. The molecule has 0 saturated heterocycles. The molecule has 1 aromatic heterocycles. The van der Waals surface area contributed by atoms with Gasteiger partial charge in [0.05, 0.1) is 5.52 Å². The van der Waals surface area contributed by atoms with Crippen LogP contribution in [0.1, 0.15) is 55.7 Å². The van der Waals surface area contributed by atoms with Crippen molar-refractivity contribution < 1.29 is 4.39 Å². The first-order valence-corrected chi connectivity index (χ1v) is 9.56. The van der Waals surface area contributed by atoms with Crippen LogP contribution in [-0.4, -0.2) is 11.0 Å². The standard InChI is InChI=1S/C23H25FN2/c1-16(17-5-3-2-4-6-17)26-20-10-7-18(8-11-20)21-13-14-25-23-12-9-19(24)15-22(21)23/h2-6,9,12-16,18,20,26H,7-8,10-11H2,1H3/t16-,18-,20-/m1/s1. The average molecular weight is 348 g/mol. The molecular weight excluding hydrogens is 323 g/mol. The Bertz CT molecular complexity index is 870. The Hall–Kier alpha value is -2.26. The first kappa shape index (κ1) is 17.2. The molecule has 3 aromatic rings. The predicted molar refractivity (Wildman–Crippen MR) is 105 cm³/mol. The van der Waals surface area contributed by atoms with Crippen LogP contribution in [0, 0.1) is 5.82 Å². The maximum atomic E-state index is 13.7. The second-order valence-corrected chi connectivity index (χ2v) is 7.41. The van der Waals surface area contributed by atoms with Gasteiger partial charge in [0.2, 0.25) is 0 Å². The van der Waals surface area contributed by atoms with Crippen molar-refractivity contribution in [2.45, 2.75) is 50.6 Å². The highest BCUT2D eigenvalue weighted by Gasteiger charge is 2.24. The second-order valence-electron chi connectivity index (χ2n) is 7.41. The summed E-state index contributed by atoms with van der Waals surface area (Å²) in [5, 5.41) is 4.75. The van der Waals surface area contributed by atoms with E-state index in [-0.39, 0.29) is 5.82 Å². The number of nitrogens with one attached hydrogen (secondary N) is 1. The van der Waals surface area contributed by atoms with Crippen LogP contribution in [0.15, 0.2) is 60.8 Å². The van der Waals surface area contributed by atoms with Gasteiger partial charge in [-0.3, -0.25) is 4.98 Å². The van der Waals surface area contributed by atoms with Crippen molar-refractivity contribution in [1.29, 1.82) is 0 Å². The zero-order valence-electron chi connectivity index (χ0n) is 15.2. The molecule has 26 heavy (non-hydrogen) atoms. The molecule has 3 heteroatoms. The topological polar surface area (TPSA) is 24.9 Å². The van der Waals surface area contributed by atoms with E-state index in [4.69, 9.17) is 0 Å². The van der Waals surface area contributed by atoms with Crippen molar-refractivity contribution in [2.75, 3.05) is 0 Å². The maximum Gasteiger partial charge on any atom is 0.123 e. The summed E-state index contributed by atoms with van der Waals surface area (Å²) in [5.41, 5.74) is 3.48. The third-order valence-corrected chi connectivity index (χ3v) is 5.69. The van der Waals surface area contributed by atoms with E-state index in [2.05, 4.69) is 53.6 Å². The van der Waals surface area contributed by atoms with Gasteiger partial charge in [0, 0.05) is 23.7 Å². The molecule has 1 aliphatic rings. The molecular formula is C23H25FN2. The number of pyridine rings is 1. The van der Waals surface area contributed by atoms with E-state index >= 15 is 0 Å². The average Bonchev–Trinajstić information content (AvgIpc) is 2.69. The normalized spacial score (nSPS) is 21.6. The third-order valence-electron chi connectivity index (χ3n) is 5.69. The van der Waals surface area contributed by atoms with E-state index < -0.39 is 0 Å². The molecule has 4 rings (SSSR count). The minimum atomic E-state index is -0.182. The van der Waals surface area contributed by atoms with Gasteiger partial charge in [0.15, 0.2) is 0 Å². The van der Waals surface area contributed by atoms with Gasteiger partial charge in [0.1, 0.15) is 5.82 Å². The number of halogens is 1. The highest BCUT2D eigenvalue weighted by atomic mass is 19.1. The number of hydrogen-bond donors (Lipinski definition) is 1. The van der Waals surface area contributed by atoms with Gasteiger partial charge in [-0.25, -0.2) is 4.39 Å². The van der Waals surface area contributed by atoms with Gasteiger partial charge in [-0.15, -0.1) is 0 Å². The first-order chi connectivity index (χ1) is 12.7. The minimum absolute atomic E-state index is 0.182. The molecule has 2 nitrogen and oxygen atoms in total. The molecule has 1 saturated carbocycles. The summed E-state index contributed by atoms with van der Waals surface area (Å²) in [6.07, 6.45) is 6.43. The van der Waals surface area contributed by atoms with Gasteiger partial charge < -0.3 is 5.32 Å². The highest BCUT2D eigenvalue weighted by molar-refractivity contribution is 5.82. The largest absolute Gasteiger partial charge is 0.307 e. The van der Waals surface area contributed by atoms with Crippen molar-refractivity contribution in [1.82, 2.24) is 10.3 Å². The number of benzene rings is 2. The summed E-state index contributed by atoms with van der Waals surface area (Å²) in [5.74, 6) is 0.311. The van der Waals surface area contributed by atoms with Crippen LogP contribution in [0.3, 0.4) is 0 Å².